The monoisotopic (exact) mass is 506 g/mol. The van der Waals surface area contributed by atoms with Crippen LogP contribution in [0.25, 0.3) is 28.4 Å². The van der Waals surface area contributed by atoms with Gasteiger partial charge in [0.05, 0.1) is 12.7 Å². The molecule has 0 amide bonds. The Hall–Kier alpha value is -2.19. The predicted molar refractivity (Wildman–Crippen MR) is 148 cm³/mol. The molecule has 2 N–H and O–H groups in total. The zero-order chi connectivity index (χ0) is 25.6. The number of nitrogens with zero attached hydrogens (tertiary/aromatic N) is 4. The smallest absolute Gasteiger partial charge is 0.681 e. The summed E-state index contributed by atoms with van der Waals surface area (Å²) in [5.74, 6) is 0.717. The van der Waals surface area contributed by atoms with E-state index in [0.29, 0.717) is 5.92 Å². The van der Waals surface area contributed by atoms with E-state index in [0.717, 1.165) is 67.0 Å². The van der Waals surface area contributed by atoms with Crippen LogP contribution in [-0.2, 0) is 6.61 Å². The van der Waals surface area contributed by atoms with Gasteiger partial charge in [-0.15, -0.1) is 27.8 Å². The molecule has 0 spiro atoms. The fourth-order valence-electron chi connectivity index (χ4n) is 6.38. The fourth-order valence-corrected chi connectivity index (χ4v) is 6.38. The molecule has 8 bridgehead atoms. The molecule has 7 heteroatoms. The Morgan fingerprint density at radius 2 is 1.59 bits per heavy atom. The van der Waals surface area contributed by atoms with Crippen molar-refractivity contribution in [3.05, 3.63) is 83.7 Å². The maximum atomic E-state index is 11.3. The predicted octanol–water partition coefficient (Wildman–Crippen LogP) is 3.56. The van der Waals surface area contributed by atoms with Gasteiger partial charge in [0, 0.05) is 5.92 Å². The Morgan fingerprint density at radius 1 is 0.865 bits per heavy atom. The first-order valence-corrected chi connectivity index (χ1v) is 13.0. The summed E-state index contributed by atoms with van der Waals surface area (Å²) in [6.45, 7) is 14.9. The number of aromatic nitrogens is 2. The molecule has 4 aliphatic rings. The Bertz CT molecular complexity index is 1500. The summed E-state index contributed by atoms with van der Waals surface area (Å²) < 4.78 is 0. The zero-order valence-corrected chi connectivity index (χ0v) is 24.2. The van der Waals surface area contributed by atoms with Crippen molar-refractivity contribution in [3.63, 3.8) is 0 Å². The number of allylic oxidation sites excluding steroid dienone is 3. The fraction of sp³-hybridized carbons (Fsp3) is 0.467. The van der Waals surface area contributed by atoms with Crippen molar-refractivity contribution in [3.8, 4) is 0 Å². The first-order chi connectivity index (χ1) is 17.1. The van der Waals surface area contributed by atoms with Gasteiger partial charge < -0.3 is 30.8 Å². The molecule has 6 rings (SSSR count). The SMILES string of the molecule is CC1=C2/C=C3\[N-]C(C4=c5[n-]/c(c(C)c5[C@@H](O)[C@@H]4C)=C\c4[n-]c(c(C)c4CO)/C=C(\[N-]2)[C@@H]1C)[C@@H](C)[C@@H]3C.[Mg+2]. The molecule has 1 fully saturated rings. The van der Waals surface area contributed by atoms with Gasteiger partial charge in [0.2, 0.25) is 0 Å². The van der Waals surface area contributed by atoms with Crippen LogP contribution in [0.5, 0.6) is 0 Å². The van der Waals surface area contributed by atoms with Crippen LogP contribution in [-0.4, -0.2) is 39.3 Å². The molecule has 37 heavy (non-hydrogen) atoms. The summed E-state index contributed by atoms with van der Waals surface area (Å²) in [5.41, 5.74) is 10.6. The maximum Gasteiger partial charge on any atom is 2.00 e. The third-order valence-corrected chi connectivity index (χ3v) is 9.30. The van der Waals surface area contributed by atoms with E-state index < -0.39 is 6.10 Å². The summed E-state index contributed by atoms with van der Waals surface area (Å²) in [6.07, 6.45) is 5.58. The van der Waals surface area contributed by atoms with Crippen molar-refractivity contribution in [1.29, 1.82) is 0 Å². The summed E-state index contributed by atoms with van der Waals surface area (Å²) in [6, 6.07) is -0.0270. The Morgan fingerprint density at radius 3 is 2.30 bits per heavy atom. The van der Waals surface area contributed by atoms with Crippen molar-refractivity contribution in [2.75, 3.05) is 0 Å². The third kappa shape index (κ3) is 3.73. The average Bonchev–Trinajstić information content (AvgIpc) is 3.55. The van der Waals surface area contributed by atoms with Crippen molar-refractivity contribution in [2.24, 2.45) is 23.7 Å². The van der Waals surface area contributed by atoms with E-state index in [9.17, 15) is 10.2 Å². The molecule has 1 unspecified atom stereocenters. The first kappa shape index (κ1) is 26.4. The molecule has 1 saturated heterocycles. The van der Waals surface area contributed by atoms with Gasteiger partial charge in [0.1, 0.15) is 0 Å². The number of rotatable bonds is 1. The van der Waals surface area contributed by atoms with E-state index in [1.807, 2.05) is 19.9 Å². The molecule has 6 atom stereocenters. The zero-order valence-electron chi connectivity index (χ0n) is 22.8. The van der Waals surface area contributed by atoms with E-state index in [4.69, 9.17) is 20.6 Å². The molecule has 2 aromatic heterocycles. The van der Waals surface area contributed by atoms with Gasteiger partial charge >= 0.3 is 23.1 Å². The first-order valence-electron chi connectivity index (χ1n) is 13.0. The number of hydrogen-bond donors (Lipinski definition) is 2. The molecule has 3 aliphatic heterocycles. The van der Waals surface area contributed by atoms with Crippen LogP contribution >= 0.6 is 0 Å². The van der Waals surface area contributed by atoms with Crippen LogP contribution in [0.15, 0.2) is 28.7 Å². The molecule has 2 aromatic rings. The molecule has 1 aliphatic carbocycles. The maximum absolute atomic E-state index is 11.3. The molecule has 0 radical (unpaired) electrons. The second-order valence-electron chi connectivity index (χ2n) is 11.1. The third-order valence-electron chi connectivity index (χ3n) is 9.30. The molecule has 0 aromatic carbocycles. The van der Waals surface area contributed by atoms with E-state index in [-0.39, 0.29) is 53.5 Å². The molecule has 6 nitrogen and oxygen atoms in total. The molecule has 5 heterocycles. The van der Waals surface area contributed by atoms with Gasteiger partial charge in [-0.1, -0.05) is 74.2 Å². The van der Waals surface area contributed by atoms with Crippen LogP contribution in [0.3, 0.4) is 0 Å². The Balaban J connectivity index is 0.00000280. The van der Waals surface area contributed by atoms with Gasteiger partial charge in [-0.05, 0) is 49.7 Å². The van der Waals surface area contributed by atoms with Crippen molar-refractivity contribution < 1.29 is 10.2 Å². The van der Waals surface area contributed by atoms with Crippen molar-refractivity contribution in [1.82, 2.24) is 9.97 Å². The summed E-state index contributed by atoms with van der Waals surface area (Å²) in [7, 11) is 0. The van der Waals surface area contributed by atoms with Crippen LogP contribution < -0.4 is 20.7 Å². The normalized spacial score (nSPS) is 33.6. The minimum absolute atomic E-state index is 0. The molecular formula is C30H34MgN4O2-2. The average molecular weight is 507 g/mol. The Labute approximate surface area is 234 Å². The van der Waals surface area contributed by atoms with E-state index >= 15 is 0 Å². The topological polar surface area (TPSA) is 96.9 Å². The number of hydrogen-bond acceptors (Lipinski definition) is 2. The van der Waals surface area contributed by atoms with Crippen LogP contribution in [0.1, 0.15) is 74.4 Å². The molecule has 190 valence electrons. The summed E-state index contributed by atoms with van der Waals surface area (Å²) in [4.78, 5) is 9.98. The largest absolute Gasteiger partial charge is 2.00 e. The van der Waals surface area contributed by atoms with Crippen LogP contribution in [0.4, 0.5) is 0 Å². The van der Waals surface area contributed by atoms with Crippen LogP contribution in [0.2, 0.25) is 0 Å². The molecule has 0 saturated carbocycles. The number of aliphatic hydroxyl groups excluding tert-OH is 2. The summed E-state index contributed by atoms with van der Waals surface area (Å²) >= 11 is 0. The quantitative estimate of drug-likeness (QED) is 0.578. The second kappa shape index (κ2) is 9.22. The van der Waals surface area contributed by atoms with Crippen molar-refractivity contribution >= 4 is 40.8 Å². The van der Waals surface area contributed by atoms with Gasteiger partial charge in [-0.2, -0.15) is 11.4 Å². The van der Waals surface area contributed by atoms with Crippen molar-refractivity contribution in [2.45, 2.75) is 67.2 Å². The number of fused-ring (bicyclic) bond motifs is 8. The van der Waals surface area contributed by atoms with E-state index in [2.05, 4.69) is 46.8 Å². The Kier molecular flexibility index (Phi) is 6.58. The van der Waals surface area contributed by atoms with Crippen LogP contribution in [0, 0.1) is 37.5 Å². The van der Waals surface area contributed by atoms with E-state index in [1.54, 1.807) is 0 Å². The van der Waals surface area contributed by atoms with Gasteiger partial charge in [0.25, 0.3) is 0 Å². The minimum atomic E-state index is -0.599. The van der Waals surface area contributed by atoms with Gasteiger partial charge in [-0.25, -0.2) is 0 Å². The van der Waals surface area contributed by atoms with E-state index in [1.165, 1.54) is 5.57 Å². The van der Waals surface area contributed by atoms with Gasteiger partial charge in [0.15, 0.2) is 0 Å². The van der Waals surface area contributed by atoms with Gasteiger partial charge in [-0.3, -0.25) is 0 Å². The minimum Gasteiger partial charge on any atom is -0.681 e. The second-order valence-corrected chi connectivity index (χ2v) is 11.1. The standard InChI is InChI=1S/C30H34N4O2.Mg/c1-12-13(2)21-9-23-16(5)19(11-35)25(32-23)10-24-17(6)27-29(34-24)26(18(7)30(27)36)28-15(4)14(3)22(33-28)8-20(12)31-21;/h8-10,13-15,18,28,30,35-36H,11H2,1-7H3;/q-4;+2/b21-9-,22-8-,24-10-;/t13-,14+,15+,18-,28?,30+;/m1./s1. The molecular weight excluding hydrogens is 473 g/mol. The number of aliphatic hydroxyl groups is 2. The summed E-state index contributed by atoms with van der Waals surface area (Å²) in [5, 5.41) is 33.5.